The van der Waals surface area contributed by atoms with Crippen LogP contribution in [0.1, 0.15) is 56.6 Å². The van der Waals surface area contributed by atoms with Crippen LogP contribution in [0.2, 0.25) is 5.02 Å². The zero-order valence-corrected chi connectivity index (χ0v) is 28.9. The number of para-hydroxylation sites is 1. The summed E-state index contributed by atoms with van der Waals surface area (Å²) >= 11 is 6.42. The van der Waals surface area contributed by atoms with E-state index in [4.69, 9.17) is 21.1 Å². The first-order valence-electron chi connectivity index (χ1n) is 17.7. The lowest BCUT2D eigenvalue weighted by Gasteiger charge is -2.36. The molecule has 3 heterocycles. The van der Waals surface area contributed by atoms with Gasteiger partial charge in [-0.3, -0.25) is 19.4 Å². The molecule has 0 unspecified atom stereocenters. The van der Waals surface area contributed by atoms with Crippen molar-refractivity contribution in [1.29, 1.82) is 0 Å². The largest absolute Gasteiger partial charge is 0.508 e. The molecule has 0 bridgehead atoms. The average Bonchev–Trinajstić information content (AvgIpc) is 3.65. The van der Waals surface area contributed by atoms with Gasteiger partial charge >= 0.3 is 0 Å². The normalized spacial score (nSPS) is 24.8. The summed E-state index contributed by atoms with van der Waals surface area (Å²) in [6.07, 6.45) is 6.49. The van der Waals surface area contributed by atoms with Crippen molar-refractivity contribution >= 4 is 29.5 Å². The van der Waals surface area contributed by atoms with E-state index in [1.807, 2.05) is 42.5 Å². The third kappa shape index (κ3) is 7.21. The summed E-state index contributed by atoms with van der Waals surface area (Å²) in [4.78, 5) is 32.5. The van der Waals surface area contributed by atoms with Crippen molar-refractivity contribution in [2.75, 3.05) is 26.3 Å². The number of piperidine rings is 1. The lowest BCUT2D eigenvalue weighted by Crippen LogP contribution is -2.47. The number of rotatable bonds is 11. The van der Waals surface area contributed by atoms with E-state index in [1.165, 1.54) is 11.1 Å². The lowest BCUT2D eigenvalue weighted by atomic mass is 9.69. The fourth-order valence-electron chi connectivity index (χ4n) is 8.37. The van der Waals surface area contributed by atoms with Crippen LogP contribution >= 0.6 is 11.6 Å². The Hall–Kier alpha value is -3.91. The first kappa shape index (κ1) is 33.6. The predicted molar refractivity (Wildman–Crippen MR) is 191 cm³/mol. The van der Waals surface area contributed by atoms with Gasteiger partial charge in [0.1, 0.15) is 18.1 Å². The third-order valence-electron chi connectivity index (χ3n) is 10.9. The quantitative estimate of drug-likeness (QED) is 0.165. The molecule has 3 aliphatic heterocycles. The maximum atomic E-state index is 14.3. The molecular formula is C41H45ClN2O5. The molecule has 0 saturated carbocycles. The number of carbonyl (C=O) groups excluding carboxylic acids is 2. The predicted octanol–water partition coefficient (Wildman–Crippen LogP) is 7.68. The second-order valence-electron chi connectivity index (χ2n) is 13.9. The number of hydrogen-bond acceptors (Lipinski definition) is 6. The second kappa shape index (κ2) is 14.9. The molecule has 7 rings (SSSR count). The molecule has 7 nitrogen and oxygen atoms in total. The number of amides is 2. The van der Waals surface area contributed by atoms with Gasteiger partial charge < -0.3 is 14.6 Å². The highest BCUT2D eigenvalue weighted by molar-refractivity contribution is 6.32. The van der Waals surface area contributed by atoms with Crippen LogP contribution in [0.4, 0.5) is 0 Å². The van der Waals surface area contributed by atoms with Gasteiger partial charge in [0.15, 0.2) is 0 Å². The lowest BCUT2D eigenvalue weighted by molar-refractivity contribution is -0.144. The Labute approximate surface area is 294 Å². The van der Waals surface area contributed by atoms with Crippen LogP contribution in [0.3, 0.4) is 0 Å². The fourth-order valence-corrected chi connectivity index (χ4v) is 8.60. The SMILES string of the molecule is CC/C(=C\c1ccc(O)cc1Cl)CC[C@H]1OC[C@H]2C1=C(COc1ccccc1)C[C@H]1C(=O)N(C3CCN(Cc4ccccc4)CC3)C(=O)[C@H]12. The minimum absolute atomic E-state index is 0.0117. The van der Waals surface area contributed by atoms with Crippen molar-refractivity contribution < 1.29 is 24.2 Å². The number of benzene rings is 3. The van der Waals surface area contributed by atoms with Crippen LogP contribution in [0.15, 0.2) is 95.6 Å². The number of phenolic OH excluding ortho intramolecular Hbond substituents is 1. The van der Waals surface area contributed by atoms with Gasteiger partial charge in [0.05, 0.1) is 29.6 Å². The summed E-state index contributed by atoms with van der Waals surface area (Å²) in [5, 5.41) is 10.3. The Kier molecular flexibility index (Phi) is 10.2. The standard InChI is InChI=1S/C41H45ClN2O5/c1-2-27(21-29-14-15-32(45)23-36(29)42)13-16-37-38-30(25-48-33-11-7-4-8-12-33)22-34-39(35(38)26-49-37)41(47)44(40(34)46)31-17-19-43(20-18-31)24-28-9-5-3-6-10-28/h3-12,14-15,21,23,31,34-35,37,39,45H,2,13,16-20,22,24-26H2,1H3/b27-21+/t34-,35+,37-,39-/m1/s1. The first-order valence-corrected chi connectivity index (χ1v) is 18.1. The van der Waals surface area contributed by atoms with Crippen LogP contribution in [0.5, 0.6) is 11.5 Å². The maximum absolute atomic E-state index is 14.3. The average molecular weight is 681 g/mol. The maximum Gasteiger partial charge on any atom is 0.234 e. The Bertz CT molecular complexity index is 1720. The van der Waals surface area contributed by atoms with Crippen LogP contribution in [0.25, 0.3) is 6.08 Å². The van der Waals surface area contributed by atoms with E-state index in [-0.39, 0.29) is 47.5 Å². The second-order valence-corrected chi connectivity index (χ2v) is 14.3. The molecule has 4 aliphatic rings. The van der Waals surface area contributed by atoms with Crippen molar-refractivity contribution in [3.8, 4) is 11.5 Å². The molecule has 0 radical (unpaired) electrons. The topological polar surface area (TPSA) is 79.3 Å². The number of imide groups is 1. The number of carbonyl (C=O) groups is 2. The zero-order chi connectivity index (χ0) is 33.9. The number of allylic oxidation sites excluding steroid dienone is 1. The number of nitrogens with zero attached hydrogens (tertiary/aromatic N) is 2. The fraction of sp³-hybridized carbons (Fsp3) is 0.415. The van der Waals surface area contributed by atoms with E-state index in [0.717, 1.165) is 74.2 Å². The van der Waals surface area contributed by atoms with Crippen LogP contribution in [-0.4, -0.2) is 65.2 Å². The molecule has 0 spiro atoms. The number of ether oxygens (including phenoxy) is 2. The van der Waals surface area contributed by atoms with E-state index in [0.29, 0.717) is 24.7 Å². The molecule has 8 heteroatoms. The number of hydrogen-bond donors (Lipinski definition) is 1. The molecule has 256 valence electrons. The number of likely N-dealkylation sites (tertiary alicyclic amines) is 2. The molecule has 3 aromatic rings. The summed E-state index contributed by atoms with van der Waals surface area (Å²) in [7, 11) is 0. The van der Waals surface area contributed by atoms with E-state index in [9.17, 15) is 14.7 Å². The van der Waals surface area contributed by atoms with Crippen molar-refractivity contribution in [2.45, 2.75) is 64.1 Å². The van der Waals surface area contributed by atoms with Gasteiger partial charge in [-0.25, -0.2) is 0 Å². The van der Waals surface area contributed by atoms with Crippen molar-refractivity contribution in [1.82, 2.24) is 9.80 Å². The minimum Gasteiger partial charge on any atom is -0.508 e. The molecule has 1 aliphatic carbocycles. The summed E-state index contributed by atoms with van der Waals surface area (Å²) in [5.41, 5.74) is 5.65. The summed E-state index contributed by atoms with van der Waals surface area (Å²) in [5.74, 6) is 0.0177. The van der Waals surface area contributed by atoms with Gasteiger partial charge in [-0.1, -0.05) is 78.7 Å². The van der Waals surface area contributed by atoms with Crippen LogP contribution in [0, 0.1) is 17.8 Å². The highest BCUT2D eigenvalue weighted by Gasteiger charge is 2.58. The molecule has 49 heavy (non-hydrogen) atoms. The van der Waals surface area contributed by atoms with Gasteiger partial charge in [-0.15, -0.1) is 0 Å². The monoisotopic (exact) mass is 680 g/mol. The van der Waals surface area contributed by atoms with Crippen LogP contribution in [-0.2, 0) is 20.9 Å². The summed E-state index contributed by atoms with van der Waals surface area (Å²) in [6, 6.07) is 25.2. The molecular weight excluding hydrogens is 636 g/mol. The van der Waals surface area contributed by atoms with Gasteiger partial charge in [-0.2, -0.15) is 0 Å². The highest BCUT2D eigenvalue weighted by atomic mass is 35.5. The molecule has 3 aromatic carbocycles. The number of fused-ring (bicyclic) bond motifs is 3. The number of aromatic hydroxyl groups is 1. The highest BCUT2D eigenvalue weighted by Crippen LogP contribution is 2.51. The smallest absolute Gasteiger partial charge is 0.234 e. The van der Waals surface area contributed by atoms with Gasteiger partial charge in [0, 0.05) is 31.6 Å². The van der Waals surface area contributed by atoms with Gasteiger partial charge in [0.25, 0.3) is 0 Å². The van der Waals surface area contributed by atoms with Crippen molar-refractivity contribution in [2.24, 2.45) is 17.8 Å². The molecule has 4 atom stereocenters. The van der Waals surface area contributed by atoms with Crippen molar-refractivity contribution in [3.05, 3.63) is 112 Å². The van der Waals surface area contributed by atoms with E-state index in [2.05, 4.69) is 42.2 Å². The van der Waals surface area contributed by atoms with Gasteiger partial charge in [0.2, 0.25) is 11.8 Å². The Morgan fingerprint density at radius 3 is 2.43 bits per heavy atom. The number of halogens is 1. The third-order valence-corrected chi connectivity index (χ3v) is 11.2. The Morgan fingerprint density at radius 1 is 0.980 bits per heavy atom. The molecule has 2 amide bonds. The van der Waals surface area contributed by atoms with E-state index < -0.39 is 0 Å². The minimum atomic E-state index is -0.382. The molecule has 1 N–H and O–H groups in total. The van der Waals surface area contributed by atoms with E-state index >= 15 is 0 Å². The van der Waals surface area contributed by atoms with E-state index in [1.54, 1.807) is 17.0 Å². The first-order chi connectivity index (χ1) is 23.9. The Morgan fingerprint density at radius 2 is 1.71 bits per heavy atom. The van der Waals surface area contributed by atoms with Gasteiger partial charge in [-0.05, 0) is 91.1 Å². The summed E-state index contributed by atoms with van der Waals surface area (Å²) in [6.45, 7) is 5.55. The molecule has 3 fully saturated rings. The summed E-state index contributed by atoms with van der Waals surface area (Å²) < 4.78 is 12.8. The van der Waals surface area contributed by atoms with Crippen molar-refractivity contribution in [3.63, 3.8) is 0 Å². The van der Waals surface area contributed by atoms with Crippen LogP contribution < -0.4 is 4.74 Å². The Balaban J connectivity index is 1.09. The molecule has 0 aromatic heterocycles. The molecule has 3 saturated heterocycles. The number of phenols is 1. The zero-order valence-electron chi connectivity index (χ0n) is 28.1.